The lowest BCUT2D eigenvalue weighted by Gasteiger charge is -2.30. The molecule has 8 nitrogen and oxygen atoms in total. The van der Waals surface area contributed by atoms with E-state index in [9.17, 15) is 17.6 Å². The van der Waals surface area contributed by atoms with Crippen molar-refractivity contribution in [3.63, 3.8) is 0 Å². The molecule has 3 aromatic rings. The number of carbonyl (C=O) groups excluding carboxylic acids is 1. The van der Waals surface area contributed by atoms with E-state index in [1.807, 2.05) is 6.92 Å². The summed E-state index contributed by atoms with van der Waals surface area (Å²) >= 11 is 6.84. The maximum absolute atomic E-state index is 13.3. The van der Waals surface area contributed by atoms with Crippen molar-refractivity contribution in [2.24, 2.45) is 5.92 Å². The Morgan fingerprint density at radius 1 is 1.41 bits per heavy atom. The van der Waals surface area contributed by atoms with Crippen LogP contribution >= 0.6 is 22.9 Å². The molecule has 0 aliphatic carbocycles. The summed E-state index contributed by atoms with van der Waals surface area (Å²) in [5.74, 6) is -0.637. The summed E-state index contributed by atoms with van der Waals surface area (Å²) in [5, 5.41) is 8.14. The molecule has 1 N–H and O–H groups in total. The van der Waals surface area contributed by atoms with Crippen molar-refractivity contribution >= 4 is 44.6 Å². The van der Waals surface area contributed by atoms with Gasteiger partial charge in [0.1, 0.15) is 10.0 Å². The van der Waals surface area contributed by atoms with Gasteiger partial charge >= 0.3 is 0 Å². The SMILES string of the molecule is CCc1nc(-c2csc(S(=O)(=O)N3CCC[C@@H](C(=O)Nc4ccc(F)c(Cl)c4)C3)c2)no1. The third-order valence-corrected chi connectivity index (χ3v) is 8.71. The highest BCUT2D eigenvalue weighted by atomic mass is 35.5. The summed E-state index contributed by atoms with van der Waals surface area (Å²) in [6.07, 6.45) is 1.68. The van der Waals surface area contributed by atoms with E-state index in [1.54, 1.807) is 5.38 Å². The number of carbonyl (C=O) groups is 1. The van der Waals surface area contributed by atoms with Crippen molar-refractivity contribution < 1.29 is 22.1 Å². The molecule has 0 spiro atoms. The number of anilines is 1. The molecule has 1 aliphatic heterocycles. The van der Waals surface area contributed by atoms with Crippen LogP contribution in [0.25, 0.3) is 11.4 Å². The van der Waals surface area contributed by atoms with Crippen LogP contribution in [0.4, 0.5) is 10.1 Å². The lowest BCUT2D eigenvalue weighted by molar-refractivity contribution is -0.120. The normalized spacial score (nSPS) is 17.4. The van der Waals surface area contributed by atoms with Gasteiger partial charge in [-0.1, -0.05) is 23.7 Å². The monoisotopic (exact) mass is 498 g/mol. The lowest BCUT2D eigenvalue weighted by atomic mass is 9.99. The number of nitrogens with one attached hydrogen (secondary N) is 1. The molecule has 1 aliphatic rings. The maximum atomic E-state index is 13.3. The Hall–Kier alpha value is -2.34. The van der Waals surface area contributed by atoms with Gasteiger partial charge in [0.2, 0.25) is 17.6 Å². The molecule has 1 saturated heterocycles. The van der Waals surface area contributed by atoms with E-state index in [4.69, 9.17) is 16.1 Å². The van der Waals surface area contributed by atoms with E-state index in [0.717, 1.165) is 17.4 Å². The average molecular weight is 499 g/mol. The Labute approximate surface area is 193 Å². The first-order valence-corrected chi connectivity index (χ1v) is 12.6. The van der Waals surface area contributed by atoms with E-state index >= 15 is 0 Å². The number of aromatic nitrogens is 2. The Morgan fingerprint density at radius 3 is 2.94 bits per heavy atom. The standard InChI is InChI=1S/C20H20ClFN4O4S2/c1-2-17-24-19(25-30-17)13-8-18(31-11-13)32(28,29)26-7-3-4-12(10-26)20(27)23-14-5-6-16(22)15(21)9-14/h5-6,8-9,11-12H,2-4,7,10H2,1H3,(H,23,27)/t12-/m1/s1. The van der Waals surface area contributed by atoms with Crippen molar-refractivity contribution in [1.29, 1.82) is 0 Å². The second-order valence-electron chi connectivity index (χ2n) is 7.34. The molecular formula is C20H20ClFN4O4S2. The van der Waals surface area contributed by atoms with Gasteiger partial charge in [-0.15, -0.1) is 11.3 Å². The van der Waals surface area contributed by atoms with E-state index in [-0.39, 0.29) is 21.7 Å². The van der Waals surface area contributed by atoms with E-state index < -0.39 is 21.8 Å². The molecule has 1 atom stereocenters. The van der Waals surface area contributed by atoms with Crippen molar-refractivity contribution in [3.8, 4) is 11.4 Å². The van der Waals surface area contributed by atoms with Gasteiger partial charge in [-0.25, -0.2) is 12.8 Å². The fourth-order valence-corrected chi connectivity index (χ4v) is 6.42. The van der Waals surface area contributed by atoms with Gasteiger partial charge in [-0.05, 0) is 37.1 Å². The third-order valence-electron chi connectivity index (χ3n) is 5.14. The zero-order chi connectivity index (χ0) is 22.9. The number of hydrogen-bond acceptors (Lipinski definition) is 7. The minimum absolute atomic E-state index is 0.0541. The molecule has 0 bridgehead atoms. The number of benzene rings is 1. The van der Waals surface area contributed by atoms with Gasteiger partial charge in [-0.2, -0.15) is 9.29 Å². The van der Waals surface area contributed by atoms with E-state index in [2.05, 4.69) is 15.5 Å². The van der Waals surface area contributed by atoms with Crippen LogP contribution in [0.15, 0.2) is 38.4 Å². The van der Waals surface area contributed by atoms with Crippen molar-refractivity contribution in [3.05, 3.63) is 46.4 Å². The second kappa shape index (κ2) is 9.26. The second-order valence-corrected chi connectivity index (χ2v) is 10.8. The van der Waals surface area contributed by atoms with E-state index in [1.165, 1.54) is 22.5 Å². The first kappa shape index (κ1) is 22.8. The average Bonchev–Trinajstić information content (AvgIpc) is 3.46. The smallest absolute Gasteiger partial charge is 0.252 e. The van der Waals surface area contributed by atoms with E-state index in [0.29, 0.717) is 48.8 Å². The summed E-state index contributed by atoms with van der Waals surface area (Å²) < 4.78 is 46.3. The number of piperidine rings is 1. The highest BCUT2D eigenvalue weighted by Crippen LogP contribution is 2.31. The Balaban J connectivity index is 1.47. The number of halogens is 2. The molecule has 1 amide bonds. The molecule has 4 rings (SSSR count). The summed E-state index contributed by atoms with van der Waals surface area (Å²) in [6, 6.07) is 5.42. The quantitative estimate of drug-likeness (QED) is 0.546. The van der Waals surface area contributed by atoms with Crippen molar-refractivity contribution in [2.45, 2.75) is 30.4 Å². The van der Waals surface area contributed by atoms with Crippen LogP contribution in [-0.2, 0) is 21.2 Å². The molecule has 0 radical (unpaired) electrons. The van der Waals surface area contributed by atoms with Crippen molar-refractivity contribution in [2.75, 3.05) is 18.4 Å². The number of nitrogens with zero attached hydrogens (tertiary/aromatic N) is 3. The predicted molar refractivity (Wildman–Crippen MR) is 119 cm³/mol. The van der Waals surface area contributed by atoms with Crippen LogP contribution in [0.5, 0.6) is 0 Å². The summed E-state index contributed by atoms with van der Waals surface area (Å²) in [4.78, 5) is 16.9. The lowest BCUT2D eigenvalue weighted by Crippen LogP contribution is -2.43. The molecule has 0 saturated carbocycles. The minimum Gasteiger partial charge on any atom is -0.339 e. The highest BCUT2D eigenvalue weighted by molar-refractivity contribution is 7.91. The number of amides is 1. The van der Waals surface area contributed by atoms with Crippen LogP contribution in [-0.4, -0.2) is 41.9 Å². The molecule has 0 unspecified atom stereocenters. The largest absolute Gasteiger partial charge is 0.339 e. The van der Waals surface area contributed by atoms with Crippen LogP contribution in [0.3, 0.4) is 0 Å². The van der Waals surface area contributed by atoms with Gasteiger partial charge in [0, 0.05) is 36.1 Å². The molecule has 1 aromatic carbocycles. The fourth-order valence-electron chi connectivity index (χ4n) is 3.40. The molecule has 170 valence electrons. The van der Waals surface area contributed by atoms with Crippen LogP contribution in [0.2, 0.25) is 5.02 Å². The molecule has 2 aromatic heterocycles. The Kier molecular flexibility index (Phi) is 6.61. The van der Waals surface area contributed by atoms with Crippen LogP contribution < -0.4 is 5.32 Å². The van der Waals surface area contributed by atoms with Crippen LogP contribution in [0.1, 0.15) is 25.7 Å². The molecule has 12 heteroatoms. The number of sulfonamides is 1. The predicted octanol–water partition coefficient (Wildman–Crippen LogP) is 4.19. The first-order valence-electron chi connectivity index (χ1n) is 9.95. The van der Waals surface area contributed by atoms with Gasteiger partial charge < -0.3 is 9.84 Å². The van der Waals surface area contributed by atoms with Gasteiger partial charge in [0.05, 0.1) is 10.9 Å². The summed E-state index contributed by atoms with van der Waals surface area (Å²) in [5.41, 5.74) is 0.923. The van der Waals surface area contributed by atoms with Gasteiger partial charge in [0.15, 0.2) is 0 Å². The number of aryl methyl sites for hydroxylation is 1. The highest BCUT2D eigenvalue weighted by Gasteiger charge is 2.34. The Morgan fingerprint density at radius 2 is 2.22 bits per heavy atom. The number of thiophene rings is 1. The number of rotatable bonds is 6. The maximum Gasteiger partial charge on any atom is 0.252 e. The summed E-state index contributed by atoms with van der Waals surface area (Å²) in [6.45, 7) is 2.26. The molecule has 32 heavy (non-hydrogen) atoms. The Bertz CT molecular complexity index is 1240. The molecule has 1 fully saturated rings. The van der Waals surface area contributed by atoms with Gasteiger partial charge in [-0.3, -0.25) is 4.79 Å². The minimum atomic E-state index is -3.78. The molecular weight excluding hydrogens is 479 g/mol. The fraction of sp³-hybridized carbons (Fsp3) is 0.350. The van der Waals surface area contributed by atoms with Crippen LogP contribution in [0, 0.1) is 11.7 Å². The first-order chi connectivity index (χ1) is 15.3. The summed E-state index contributed by atoms with van der Waals surface area (Å²) in [7, 11) is -3.78. The third kappa shape index (κ3) is 4.70. The van der Waals surface area contributed by atoms with Gasteiger partial charge in [0.25, 0.3) is 10.0 Å². The zero-order valence-corrected chi connectivity index (χ0v) is 19.4. The zero-order valence-electron chi connectivity index (χ0n) is 17.0. The topological polar surface area (TPSA) is 105 Å². The van der Waals surface area contributed by atoms with Crippen molar-refractivity contribution in [1.82, 2.24) is 14.4 Å². The molecule has 3 heterocycles. The number of hydrogen-bond donors (Lipinski definition) is 1.